The van der Waals surface area contributed by atoms with E-state index < -0.39 is 46.7 Å². The summed E-state index contributed by atoms with van der Waals surface area (Å²) in [6.45, 7) is 6.13. The first-order chi connectivity index (χ1) is 15.4. The molecule has 1 aromatic rings. The second kappa shape index (κ2) is 9.26. The van der Waals surface area contributed by atoms with E-state index in [2.05, 4.69) is 5.32 Å². The lowest BCUT2D eigenvalue weighted by atomic mass is 10.0. The van der Waals surface area contributed by atoms with E-state index in [-0.39, 0.29) is 29.2 Å². The van der Waals surface area contributed by atoms with E-state index in [4.69, 9.17) is 9.47 Å². The smallest absolute Gasteiger partial charge is 0.355 e. The van der Waals surface area contributed by atoms with Crippen LogP contribution in [0.4, 0.5) is 0 Å². The summed E-state index contributed by atoms with van der Waals surface area (Å²) < 4.78 is 10.5. The second-order valence-corrected chi connectivity index (χ2v) is 9.55. The van der Waals surface area contributed by atoms with Gasteiger partial charge in [-0.2, -0.15) is 0 Å². The quantitative estimate of drug-likeness (QED) is 0.462. The van der Waals surface area contributed by atoms with Gasteiger partial charge in [0.25, 0.3) is 11.8 Å². The van der Waals surface area contributed by atoms with Crippen molar-refractivity contribution in [2.24, 2.45) is 0 Å². The second-order valence-electron chi connectivity index (χ2n) is 8.45. The number of nitrogens with zero attached hydrogens (tertiary/aromatic N) is 1. The van der Waals surface area contributed by atoms with Gasteiger partial charge in [0.15, 0.2) is 0 Å². The summed E-state index contributed by atoms with van der Waals surface area (Å²) in [5.41, 5.74) is -0.659. The Kier molecular flexibility index (Phi) is 6.82. The van der Waals surface area contributed by atoms with Crippen molar-refractivity contribution in [3.05, 3.63) is 46.7 Å². The number of rotatable bonds is 6. The number of fused-ring (bicyclic) bond motifs is 1. The van der Waals surface area contributed by atoms with Crippen LogP contribution >= 0.6 is 11.8 Å². The first kappa shape index (κ1) is 24.3. The molecular weight excluding hydrogens is 452 g/mol. The van der Waals surface area contributed by atoms with Gasteiger partial charge in [-0.1, -0.05) is 12.1 Å². The molecule has 1 aromatic carbocycles. The molecule has 2 N–H and O–H groups in total. The van der Waals surface area contributed by atoms with Crippen LogP contribution in [0.1, 0.15) is 48.4 Å². The van der Waals surface area contributed by atoms with Crippen LogP contribution in [-0.2, 0) is 23.9 Å². The highest BCUT2D eigenvalue weighted by Gasteiger charge is 2.55. The minimum atomic E-state index is -1.26. The molecule has 0 aromatic heterocycles. The number of carboxylic acid groups (broad SMARTS) is 1. The highest BCUT2D eigenvalue weighted by molar-refractivity contribution is 8.00. The summed E-state index contributed by atoms with van der Waals surface area (Å²) in [7, 11) is 0. The lowest BCUT2D eigenvalue weighted by molar-refractivity contribution is -0.158. The molecule has 11 heteroatoms. The third-order valence-corrected chi connectivity index (χ3v) is 6.12. The van der Waals surface area contributed by atoms with Gasteiger partial charge in [0.1, 0.15) is 29.3 Å². The molecular formula is C22H24N2O8S. The summed E-state index contributed by atoms with van der Waals surface area (Å²) in [6.07, 6.45) is 0. The maximum Gasteiger partial charge on any atom is 0.355 e. The van der Waals surface area contributed by atoms with Gasteiger partial charge in [-0.25, -0.2) is 9.59 Å². The van der Waals surface area contributed by atoms with E-state index >= 15 is 0 Å². The Morgan fingerprint density at radius 1 is 1.18 bits per heavy atom. The standard InChI is InChI=1S/C22H24N2O8S/c1-11(25)31-9-12-10-33-19-15(18(27)24(19)16(12)21(30)32-22(2,3)4)23-17(26)13-7-5-6-8-14(13)20(28)29/h5-8,15,19H,9-10H2,1-4H3,(H,23,26)(H,28,29)/t15?,19-/m1/s1. The molecule has 176 valence electrons. The SMILES string of the molecule is CC(=O)OCC1=C(C(=O)OC(C)(C)C)N2C(=O)C(NC(=O)c3ccccc3C(=O)O)[C@H]2SC1. The topological polar surface area (TPSA) is 139 Å². The Balaban J connectivity index is 1.84. The fourth-order valence-corrected chi connectivity index (χ4v) is 4.71. The average Bonchev–Trinajstić information content (AvgIpc) is 2.73. The van der Waals surface area contributed by atoms with Crippen molar-refractivity contribution in [2.75, 3.05) is 12.4 Å². The zero-order valence-electron chi connectivity index (χ0n) is 18.5. The van der Waals surface area contributed by atoms with Crippen molar-refractivity contribution < 1.29 is 38.6 Å². The van der Waals surface area contributed by atoms with E-state index in [1.54, 1.807) is 20.8 Å². The number of carboxylic acids is 1. The summed E-state index contributed by atoms with van der Waals surface area (Å²) in [6, 6.07) is 4.71. The number of benzene rings is 1. The molecule has 2 heterocycles. The van der Waals surface area contributed by atoms with E-state index in [9.17, 15) is 29.1 Å². The Bertz CT molecular complexity index is 1060. The number of thioether (sulfide) groups is 1. The highest BCUT2D eigenvalue weighted by atomic mass is 32.2. The minimum Gasteiger partial charge on any atom is -0.478 e. The van der Waals surface area contributed by atoms with Crippen LogP contribution in [0.5, 0.6) is 0 Å². The predicted octanol–water partition coefficient (Wildman–Crippen LogP) is 1.56. The lowest BCUT2D eigenvalue weighted by Gasteiger charge is -2.49. The zero-order valence-corrected chi connectivity index (χ0v) is 19.4. The number of aromatic carboxylic acids is 1. The number of ether oxygens (including phenoxy) is 2. The average molecular weight is 477 g/mol. The predicted molar refractivity (Wildman–Crippen MR) is 117 cm³/mol. The van der Waals surface area contributed by atoms with Crippen LogP contribution in [0.15, 0.2) is 35.5 Å². The van der Waals surface area contributed by atoms with Gasteiger partial charge < -0.3 is 19.9 Å². The number of β-lactam (4-membered cyclic amide) rings is 1. The molecule has 0 saturated carbocycles. The number of nitrogens with one attached hydrogen (secondary N) is 1. The van der Waals surface area contributed by atoms with Gasteiger partial charge >= 0.3 is 17.9 Å². The molecule has 33 heavy (non-hydrogen) atoms. The third kappa shape index (κ3) is 5.19. The number of esters is 2. The van der Waals surface area contributed by atoms with Gasteiger partial charge in [-0.15, -0.1) is 11.8 Å². The van der Waals surface area contributed by atoms with Crippen molar-refractivity contribution in [2.45, 2.75) is 44.7 Å². The number of carbonyl (C=O) groups is 5. The Morgan fingerprint density at radius 2 is 1.82 bits per heavy atom. The van der Waals surface area contributed by atoms with E-state index in [1.807, 2.05) is 0 Å². The fourth-order valence-electron chi connectivity index (χ4n) is 3.38. The summed E-state index contributed by atoms with van der Waals surface area (Å²) in [4.78, 5) is 62.5. The van der Waals surface area contributed by atoms with Gasteiger partial charge in [-0.05, 0) is 32.9 Å². The van der Waals surface area contributed by atoms with Gasteiger partial charge in [0, 0.05) is 18.2 Å². The molecule has 1 saturated heterocycles. The highest BCUT2D eigenvalue weighted by Crippen LogP contribution is 2.41. The molecule has 2 atom stereocenters. The maximum absolute atomic E-state index is 13.0. The number of hydrogen-bond donors (Lipinski definition) is 2. The zero-order chi connectivity index (χ0) is 24.5. The van der Waals surface area contributed by atoms with Crippen LogP contribution < -0.4 is 5.32 Å². The molecule has 1 fully saturated rings. The van der Waals surface area contributed by atoms with E-state index in [1.165, 1.54) is 47.9 Å². The molecule has 0 radical (unpaired) electrons. The van der Waals surface area contributed by atoms with Gasteiger partial charge in [0.2, 0.25) is 0 Å². The van der Waals surface area contributed by atoms with E-state index in [0.717, 1.165) is 0 Å². The molecule has 2 aliphatic heterocycles. The monoisotopic (exact) mass is 476 g/mol. The first-order valence-electron chi connectivity index (χ1n) is 10.1. The van der Waals surface area contributed by atoms with Crippen molar-refractivity contribution in [3.63, 3.8) is 0 Å². The molecule has 2 amide bonds. The Morgan fingerprint density at radius 3 is 2.39 bits per heavy atom. The van der Waals surface area contributed by atoms with Gasteiger partial charge in [0.05, 0.1) is 11.1 Å². The third-order valence-electron chi connectivity index (χ3n) is 4.78. The molecule has 0 bridgehead atoms. The molecule has 10 nitrogen and oxygen atoms in total. The molecule has 1 unspecified atom stereocenters. The number of hydrogen-bond acceptors (Lipinski definition) is 8. The molecule has 3 rings (SSSR count). The summed E-state index contributed by atoms with van der Waals surface area (Å²) in [5.74, 6) is -3.51. The molecule has 0 aliphatic carbocycles. The number of amides is 2. The lowest BCUT2D eigenvalue weighted by Crippen LogP contribution is -2.70. The molecule has 2 aliphatic rings. The van der Waals surface area contributed by atoms with Crippen molar-refractivity contribution in [3.8, 4) is 0 Å². The maximum atomic E-state index is 13.0. The van der Waals surface area contributed by atoms with Crippen LogP contribution in [0.3, 0.4) is 0 Å². The Labute approximate surface area is 194 Å². The van der Waals surface area contributed by atoms with Crippen molar-refractivity contribution >= 4 is 41.5 Å². The Hall–Kier alpha value is -3.34. The van der Waals surface area contributed by atoms with Crippen LogP contribution in [0, 0.1) is 0 Å². The molecule has 0 spiro atoms. The van der Waals surface area contributed by atoms with Crippen LogP contribution in [0.2, 0.25) is 0 Å². The largest absolute Gasteiger partial charge is 0.478 e. The summed E-state index contributed by atoms with van der Waals surface area (Å²) in [5, 5.41) is 11.3. The van der Waals surface area contributed by atoms with Crippen molar-refractivity contribution in [1.82, 2.24) is 10.2 Å². The van der Waals surface area contributed by atoms with Crippen LogP contribution in [-0.4, -0.2) is 69.1 Å². The minimum absolute atomic E-state index is 0.00337. The fraction of sp³-hybridized carbons (Fsp3) is 0.409. The normalized spacial score (nSPS) is 19.9. The van der Waals surface area contributed by atoms with E-state index in [0.29, 0.717) is 5.57 Å². The van der Waals surface area contributed by atoms with Crippen molar-refractivity contribution in [1.29, 1.82) is 0 Å². The number of carbonyl (C=O) groups excluding carboxylic acids is 4. The van der Waals surface area contributed by atoms with Gasteiger partial charge in [-0.3, -0.25) is 19.3 Å². The van der Waals surface area contributed by atoms with Crippen LogP contribution in [0.25, 0.3) is 0 Å². The first-order valence-corrected chi connectivity index (χ1v) is 11.1. The summed E-state index contributed by atoms with van der Waals surface area (Å²) >= 11 is 1.29.